The highest BCUT2D eigenvalue weighted by atomic mass is 16.4. The Balaban J connectivity index is 2.17. The van der Waals surface area contributed by atoms with E-state index in [1.165, 1.54) is 0 Å². The molecule has 0 aliphatic rings. The predicted octanol–water partition coefficient (Wildman–Crippen LogP) is 3.31. The maximum absolute atomic E-state index is 11.9. The van der Waals surface area contributed by atoms with Crippen LogP contribution < -0.4 is 5.32 Å². The average molecular weight is 311 g/mol. The molecule has 0 saturated heterocycles. The van der Waals surface area contributed by atoms with Gasteiger partial charge in [-0.15, -0.1) is 6.58 Å². The Hall–Kier alpha value is -2.62. The summed E-state index contributed by atoms with van der Waals surface area (Å²) in [6.45, 7) is 3.59. The van der Waals surface area contributed by atoms with E-state index >= 15 is 0 Å². The number of amides is 1. The Morgan fingerprint density at radius 1 is 1.17 bits per heavy atom. The zero-order chi connectivity index (χ0) is 16.7. The SMILES string of the molecule is C=CCCC(=O)N[C@@H](CC(=O)O)Cc1cccc2ccccc12. The van der Waals surface area contributed by atoms with E-state index in [2.05, 4.69) is 11.9 Å². The van der Waals surface area contributed by atoms with Crippen LogP contribution in [0.1, 0.15) is 24.8 Å². The van der Waals surface area contributed by atoms with Gasteiger partial charge in [-0.25, -0.2) is 0 Å². The van der Waals surface area contributed by atoms with Crippen molar-refractivity contribution < 1.29 is 14.7 Å². The molecule has 120 valence electrons. The first-order valence-corrected chi connectivity index (χ1v) is 7.69. The lowest BCUT2D eigenvalue weighted by molar-refractivity contribution is -0.137. The molecule has 0 radical (unpaired) electrons. The fraction of sp³-hybridized carbons (Fsp3) is 0.263. The lowest BCUT2D eigenvalue weighted by Crippen LogP contribution is -2.38. The Morgan fingerprint density at radius 2 is 1.91 bits per heavy atom. The molecule has 0 aromatic heterocycles. The van der Waals surface area contributed by atoms with Crippen LogP contribution in [-0.4, -0.2) is 23.0 Å². The van der Waals surface area contributed by atoms with Gasteiger partial charge in [0, 0.05) is 12.5 Å². The second kappa shape index (κ2) is 8.13. The third kappa shape index (κ3) is 4.95. The molecular formula is C19H21NO3. The van der Waals surface area contributed by atoms with Gasteiger partial charge in [-0.2, -0.15) is 0 Å². The smallest absolute Gasteiger partial charge is 0.305 e. The maximum Gasteiger partial charge on any atom is 0.305 e. The molecule has 23 heavy (non-hydrogen) atoms. The third-order valence-electron chi connectivity index (χ3n) is 3.71. The number of aliphatic carboxylic acids is 1. The van der Waals surface area contributed by atoms with E-state index in [-0.39, 0.29) is 12.3 Å². The van der Waals surface area contributed by atoms with E-state index in [9.17, 15) is 9.59 Å². The Morgan fingerprint density at radius 3 is 2.65 bits per heavy atom. The van der Waals surface area contributed by atoms with Gasteiger partial charge in [0.25, 0.3) is 0 Å². The van der Waals surface area contributed by atoms with E-state index in [0.29, 0.717) is 19.3 Å². The first kappa shape index (κ1) is 16.7. The Kier molecular flexibility index (Phi) is 5.92. The van der Waals surface area contributed by atoms with Crippen molar-refractivity contribution in [3.8, 4) is 0 Å². The second-order valence-electron chi connectivity index (χ2n) is 5.53. The van der Waals surface area contributed by atoms with Gasteiger partial charge in [0.05, 0.1) is 6.42 Å². The summed E-state index contributed by atoms with van der Waals surface area (Å²) < 4.78 is 0. The summed E-state index contributed by atoms with van der Waals surface area (Å²) >= 11 is 0. The monoisotopic (exact) mass is 311 g/mol. The van der Waals surface area contributed by atoms with Crippen LogP contribution in [0.2, 0.25) is 0 Å². The van der Waals surface area contributed by atoms with Crippen molar-refractivity contribution >= 4 is 22.6 Å². The standard InChI is InChI=1S/C19H21NO3/c1-2-3-11-18(21)20-16(13-19(22)23)12-15-9-6-8-14-7-4-5-10-17(14)15/h2,4-10,16H,1,3,11-13H2,(H,20,21)(H,22,23)/t16-/m1/s1. The number of hydrogen-bond acceptors (Lipinski definition) is 2. The second-order valence-corrected chi connectivity index (χ2v) is 5.53. The molecule has 2 aromatic rings. The van der Waals surface area contributed by atoms with E-state index in [1.54, 1.807) is 6.08 Å². The molecular weight excluding hydrogens is 290 g/mol. The number of benzene rings is 2. The third-order valence-corrected chi connectivity index (χ3v) is 3.71. The Labute approximate surface area is 135 Å². The number of rotatable bonds is 8. The minimum absolute atomic E-state index is 0.0942. The number of carbonyl (C=O) groups is 2. The summed E-state index contributed by atoms with van der Waals surface area (Å²) in [5.74, 6) is -1.06. The van der Waals surface area contributed by atoms with Gasteiger partial charge < -0.3 is 10.4 Å². The quantitative estimate of drug-likeness (QED) is 0.735. The molecule has 0 saturated carbocycles. The number of nitrogens with one attached hydrogen (secondary N) is 1. The highest BCUT2D eigenvalue weighted by Gasteiger charge is 2.17. The van der Waals surface area contributed by atoms with Crippen molar-refractivity contribution in [2.45, 2.75) is 31.7 Å². The fourth-order valence-electron chi connectivity index (χ4n) is 2.65. The number of carbonyl (C=O) groups excluding carboxylic acids is 1. The van der Waals surface area contributed by atoms with E-state index in [1.807, 2.05) is 42.5 Å². The number of hydrogen-bond donors (Lipinski definition) is 2. The lowest BCUT2D eigenvalue weighted by atomic mass is 9.97. The molecule has 4 nitrogen and oxygen atoms in total. The average Bonchev–Trinajstić information content (AvgIpc) is 2.52. The van der Waals surface area contributed by atoms with Crippen molar-refractivity contribution in [2.24, 2.45) is 0 Å². The summed E-state index contributed by atoms with van der Waals surface area (Å²) in [7, 11) is 0. The molecule has 0 unspecified atom stereocenters. The summed E-state index contributed by atoms with van der Waals surface area (Å²) in [6.07, 6.45) is 2.99. The molecule has 0 bridgehead atoms. The van der Waals surface area contributed by atoms with E-state index in [0.717, 1.165) is 16.3 Å². The summed E-state index contributed by atoms with van der Waals surface area (Å²) in [6, 6.07) is 13.5. The molecule has 0 aliphatic carbocycles. The van der Waals surface area contributed by atoms with Crippen LogP contribution in [0.4, 0.5) is 0 Å². The maximum atomic E-state index is 11.9. The first-order valence-electron chi connectivity index (χ1n) is 7.69. The van der Waals surface area contributed by atoms with Crippen LogP contribution in [0.25, 0.3) is 10.8 Å². The normalized spacial score (nSPS) is 11.8. The van der Waals surface area contributed by atoms with Crippen molar-refractivity contribution in [2.75, 3.05) is 0 Å². The largest absolute Gasteiger partial charge is 0.481 e. The van der Waals surface area contributed by atoms with Crippen LogP contribution >= 0.6 is 0 Å². The van der Waals surface area contributed by atoms with Crippen molar-refractivity contribution in [1.29, 1.82) is 0 Å². The number of carboxylic acids is 1. The highest BCUT2D eigenvalue weighted by Crippen LogP contribution is 2.20. The van der Waals surface area contributed by atoms with Gasteiger partial charge >= 0.3 is 5.97 Å². The van der Waals surface area contributed by atoms with Crippen LogP contribution in [0.5, 0.6) is 0 Å². The molecule has 4 heteroatoms. The zero-order valence-corrected chi connectivity index (χ0v) is 13.0. The molecule has 0 heterocycles. The van der Waals surface area contributed by atoms with Crippen molar-refractivity contribution in [3.63, 3.8) is 0 Å². The predicted molar refractivity (Wildman–Crippen MR) is 91.3 cm³/mol. The van der Waals surface area contributed by atoms with Gasteiger partial charge in [0.2, 0.25) is 5.91 Å². The molecule has 2 N–H and O–H groups in total. The van der Waals surface area contributed by atoms with Crippen LogP contribution in [-0.2, 0) is 16.0 Å². The van der Waals surface area contributed by atoms with Gasteiger partial charge in [-0.05, 0) is 29.2 Å². The number of carboxylic acid groups (broad SMARTS) is 1. The van der Waals surface area contributed by atoms with Crippen LogP contribution in [0, 0.1) is 0 Å². The molecule has 2 rings (SSSR count). The molecule has 1 atom stereocenters. The van der Waals surface area contributed by atoms with E-state index < -0.39 is 12.0 Å². The van der Waals surface area contributed by atoms with Crippen molar-refractivity contribution in [3.05, 3.63) is 60.7 Å². The van der Waals surface area contributed by atoms with Crippen LogP contribution in [0.15, 0.2) is 55.1 Å². The number of allylic oxidation sites excluding steroid dienone is 1. The molecule has 1 amide bonds. The van der Waals surface area contributed by atoms with Gasteiger partial charge in [0.15, 0.2) is 0 Å². The van der Waals surface area contributed by atoms with Gasteiger partial charge in [-0.1, -0.05) is 48.5 Å². The number of fused-ring (bicyclic) bond motifs is 1. The van der Waals surface area contributed by atoms with Crippen LogP contribution in [0.3, 0.4) is 0 Å². The summed E-state index contributed by atoms with van der Waals surface area (Å²) in [5, 5.41) is 14.1. The Bertz CT molecular complexity index is 703. The minimum Gasteiger partial charge on any atom is -0.481 e. The summed E-state index contributed by atoms with van der Waals surface area (Å²) in [4.78, 5) is 23.0. The molecule has 2 aromatic carbocycles. The lowest BCUT2D eigenvalue weighted by Gasteiger charge is -2.18. The van der Waals surface area contributed by atoms with E-state index in [4.69, 9.17) is 5.11 Å². The topological polar surface area (TPSA) is 66.4 Å². The minimum atomic E-state index is -0.917. The first-order chi connectivity index (χ1) is 11.1. The van der Waals surface area contributed by atoms with Gasteiger partial charge in [-0.3, -0.25) is 9.59 Å². The zero-order valence-electron chi connectivity index (χ0n) is 13.0. The summed E-state index contributed by atoms with van der Waals surface area (Å²) in [5.41, 5.74) is 1.04. The van der Waals surface area contributed by atoms with Gasteiger partial charge in [0.1, 0.15) is 0 Å². The fourth-order valence-corrected chi connectivity index (χ4v) is 2.65. The van der Waals surface area contributed by atoms with Crippen molar-refractivity contribution in [1.82, 2.24) is 5.32 Å². The molecule has 0 fully saturated rings. The molecule has 0 aliphatic heterocycles. The highest BCUT2D eigenvalue weighted by molar-refractivity contribution is 5.86. The molecule has 0 spiro atoms.